The third-order valence-electron chi connectivity index (χ3n) is 2.91. The third kappa shape index (κ3) is 5.53. The van der Waals surface area contributed by atoms with Crippen LogP contribution in [0.15, 0.2) is 0 Å². The average molecular weight is 214 g/mol. The van der Waals surface area contributed by atoms with E-state index in [0.29, 0.717) is 0 Å². The Morgan fingerprint density at radius 2 is 2.07 bits per heavy atom. The van der Waals surface area contributed by atoms with Gasteiger partial charge in [-0.25, -0.2) is 0 Å². The van der Waals surface area contributed by atoms with Crippen LogP contribution >= 0.6 is 0 Å². The first-order valence-electron chi connectivity index (χ1n) is 6.29. The smallest absolute Gasteiger partial charge is 0.158 e. The van der Waals surface area contributed by atoms with Crippen molar-refractivity contribution in [1.82, 2.24) is 0 Å². The first-order chi connectivity index (χ1) is 6.99. The molecule has 0 aliphatic carbocycles. The molecule has 1 aliphatic rings. The second kappa shape index (κ2) is 5.86. The van der Waals surface area contributed by atoms with Gasteiger partial charge in [-0.2, -0.15) is 0 Å². The van der Waals surface area contributed by atoms with Crippen LogP contribution in [0.1, 0.15) is 59.8 Å². The van der Waals surface area contributed by atoms with Gasteiger partial charge in [0.1, 0.15) is 0 Å². The Bertz CT molecular complexity index is 169. The van der Waals surface area contributed by atoms with Gasteiger partial charge in [-0.1, -0.05) is 13.8 Å². The molecule has 1 saturated heterocycles. The molecule has 0 amide bonds. The average Bonchev–Trinajstić information content (AvgIpc) is 2.16. The van der Waals surface area contributed by atoms with Crippen LogP contribution in [0.25, 0.3) is 0 Å². The van der Waals surface area contributed by atoms with Gasteiger partial charge in [0.25, 0.3) is 0 Å². The highest BCUT2D eigenvalue weighted by Crippen LogP contribution is 2.25. The van der Waals surface area contributed by atoms with Gasteiger partial charge in [0.15, 0.2) is 6.29 Å². The summed E-state index contributed by atoms with van der Waals surface area (Å²) in [6, 6.07) is 0. The summed E-state index contributed by atoms with van der Waals surface area (Å²) in [6.07, 6.45) is 5.87. The molecule has 0 aromatic heterocycles. The maximum Gasteiger partial charge on any atom is 0.158 e. The normalized spacial score (nSPS) is 23.4. The molecule has 0 aromatic carbocycles. The summed E-state index contributed by atoms with van der Waals surface area (Å²) < 4.78 is 11.6. The van der Waals surface area contributed by atoms with Crippen LogP contribution in [0.2, 0.25) is 0 Å². The summed E-state index contributed by atoms with van der Waals surface area (Å²) >= 11 is 0. The van der Waals surface area contributed by atoms with Crippen molar-refractivity contribution in [2.45, 2.75) is 71.7 Å². The lowest BCUT2D eigenvalue weighted by atomic mass is 9.97. The van der Waals surface area contributed by atoms with Gasteiger partial charge in [0.05, 0.1) is 5.60 Å². The SMILES string of the molecule is CC(C)CCC(C)(C)OC1CCCCO1. The van der Waals surface area contributed by atoms with Gasteiger partial charge in [-0.15, -0.1) is 0 Å². The fraction of sp³-hybridized carbons (Fsp3) is 1.00. The van der Waals surface area contributed by atoms with Crippen LogP contribution in [0.5, 0.6) is 0 Å². The number of rotatable bonds is 5. The van der Waals surface area contributed by atoms with Crippen molar-refractivity contribution >= 4 is 0 Å². The van der Waals surface area contributed by atoms with Gasteiger partial charge in [0, 0.05) is 6.61 Å². The summed E-state index contributed by atoms with van der Waals surface area (Å²) in [5.74, 6) is 0.750. The molecule has 0 N–H and O–H groups in total. The van der Waals surface area contributed by atoms with E-state index in [0.717, 1.165) is 25.4 Å². The van der Waals surface area contributed by atoms with Crippen molar-refractivity contribution < 1.29 is 9.47 Å². The van der Waals surface area contributed by atoms with Crippen LogP contribution in [0, 0.1) is 5.92 Å². The molecule has 1 atom stereocenters. The van der Waals surface area contributed by atoms with Crippen molar-refractivity contribution in [3.63, 3.8) is 0 Å². The van der Waals surface area contributed by atoms with E-state index in [1.165, 1.54) is 19.3 Å². The van der Waals surface area contributed by atoms with Crippen LogP contribution in [-0.2, 0) is 9.47 Å². The Hall–Kier alpha value is -0.0800. The lowest BCUT2D eigenvalue weighted by Gasteiger charge is -2.33. The maximum atomic E-state index is 6.01. The topological polar surface area (TPSA) is 18.5 Å². The fourth-order valence-corrected chi connectivity index (χ4v) is 1.86. The third-order valence-corrected chi connectivity index (χ3v) is 2.91. The zero-order valence-electron chi connectivity index (χ0n) is 10.7. The van der Waals surface area contributed by atoms with E-state index in [9.17, 15) is 0 Å². The largest absolute Gasteiger partial charge is 0.353 e. The van der Waals surface area contributed by atoms with E-state index in [1.54, 1.807) is 0 Å². The van der Waals surface area contributed by atoms with Crippen molar-refractivity contribution in [3.05, 3.63) is 0 Å². The van der Waals surface area contributed by atoms with Gasteiger partial charge in [-0.05, 0) is 51.9 Å². The van der Waals surface area contributed by atoms with E-state index in [4.69, 9.17) is 9.47 Å². The van der Waals surface area contributed by atoms with E-state index in [-0.39, 0.29) is 11.9 Å². The minimum Gasteiger partial charge on any atom is -0.353 e. The van der Waals surface area contributed by atoms with E-state index >= 15 is 0 Å². The molecule has 0 saturated carbocycles. The number of hydrogen-bond acceptors (Lipinski definition) is 2. The minimum atomic E-state index is -0.0354. The molecule has 1 rings (SSSR count). The predicted molar refractivity (Wildman–Crippen MR) is 62.8 cm³/mol. The highest BCUT2D eigenvalue weighted by molar-refractivity contribution is 4.71. The molecular formula is C13H26O2. The van der Waals surface area contributed by atoms with Gasteiger partial charge in [-0.3, -0.25) is 0 Å². The molecule has 0 spiro atoms. The van der Waals surface area contributed by atoms with Crippen molar-refractivity contribution in [1.29, 1.82) is 0 Å². The standard InChI is InChI=1S/C13H26O2/c1-11(2)8-9-13(3,4)15-12-7-5-6-10-14-12/h11-12H,5-10H2,1-4H3. The number of hydrogen-bond donors (Lipinski definition) is 0. The molecule has 1 heterocycles. The molecule has 90 valence electrons. The molecule has 0 aromatic rings. The molecular weight excluding hydrogens is 188 g/mol. The summed E-state index contributed by atoms with van der Waals surface area (Å²) in [5, 5.41) is 0. The molecule has 0 radical (unpaired) electrons. The van der Waals surface area contributed by atoms with Crippen LogP contribution in [0.4, 0.5) is 0 Å². The highest BCUT2D eigenvalue weighted by atomic mass is 16.7. The lowest BCUT2D eigenvalue weighted by molar-refractivity contribution is -0.217. The lowest BCUT2D eigenvalue weighted by Crippen LogP contribution is -2.34. The van der Waals surface area contributed by atoms with Crippen molar-refractivity contribution in [2.75, 3.05) is 6.61 Å². The first-order valence-corrected chi connectivity index (χ1v) is 6.29. The predicted octanol–water partition coefficient (Wildman–Crippen LogP) is 3.74. The van der Waals surface area contributed by atoms with E-state index in [1.807, 2.05) is 0 Å². The Balaban J connectivity index is 2.26. The van der Waals surface area contributed by atoms with Gasteiger partial charge >= 0.3 is 0 Å². The first kappa shape index (κ1) is 13.0. The summed E-state index contributed by atoms with van der Waals surface area (Å²) in [7, 11) is 0. The van der Waals surface area contributed by atoms with Gasteiger partial charge in [0.2, 0.25) is 0 Å². The zero-order chi connectivity index (χ0) is 11.3. The Kier molecular flexibility index (Phi) is 5.07. The summed E-state index contributed by atoms with van der Waals surface area (Å²) in [5.41, 5.74) is -0.0354. The fourth-order valence-electron chi connectivity index (χ4n) is 1.86. The molecule has 2 heteroatoms. The second-order valence-corrected chi connectivity index (χ2v) is 5.61. The van der Waals surface area contributed by atoms with Crippen LogP contribution in [0.3, 0.4) is 0 Å². The quantitative estimate of drug-likeness (QED) is 0.694. The molecule has 1 fully saturated rings. The monoisotopic (exact) mass is 214 g/mol. The molecule has 0 bridgehead atoms. The van der Waals surface area contributed by atoms with Crippen LogP contribution < -0.4 is 0 Å². The molecule has 15 heavy (non-hydrogen) atoms. The minimum absolute atomic E-state index is 0.0354. The van der Waals surface area contributed by atoms with E-state index < -0.39 is 0 Å². The van der Waals surface area contributed by atoms with Crippen LogP contribution in [-0.4, -0.2) is 18.5 Å². The Morgan fingerprint density at radius 3 is 2.60 bits per heavy atom. The molecule has 1 aliphatic heterocycles. The zero-order valence-corrected chi connectivity index (χ0v) is 10.7. The summed E-state index contributed by atoms with van der Waals surface area (Å²) in [6.45, 7) is 9.73. The number of ether oxygens (including phenoxy) is 2. The second-order valence-electron chi connectivity index (χ2n) is 5.61. The molecule has 2 nitrogen and oxygen atoms in total. The van der Waals surface area contributed by atoms with E-state index in [2.05, 4.69) is 27.7 Å². The van der Waals surface area contributed by atoms with Gasteiger partial charge < -0.3 is 9.47 Å². The van der Waals surface area contributed by atoms with Crippen molar-refractivity contribution in [2.24, 2.45) is 5.92 Å². The summed E-state index contributed by atoms with van der Waals surface area (Å²) in [4.78, 5) is 0. The Labute approximate surface area is 94.3 Å². The highest BCUT2D eigenvalue weighted by Gasteiger charge is 2.25. The van der Waals surface area contributed by atoms with Crippen molar-refractivity contribution in [3.8, 4) is 0 Å². The molecule has 1 unspecified atom stereocenters. The maximum absolute atomic E-state index is 6.01. The Morgan fingerprint density at radius 1 is 1.33 bits per heavy atom.